The fourth-order valence-electron chi connectivity index (χ4n) is 3.67. The molecule has 0 atom stereocenters. The number of amides is 2. The van der Waals surface area contributed by atoms with Gasteiger partial charge in [-0.3, -0.25) is 9.59 Å². The Bertz CT molecular complexity index is 911. The Morgan fingerprint density at radius 3 is 2.55 bits per heavy atom. The van der Waals surface area contributed by atoms with Crippen LogP contribution in [-0.2, 0) is 4.79 Å². The van der Waals surface area contributed by atoms with E-state index in [1.54, 1.807) is 23.1 Å². The average molecular weight is 419 g/mol. The molecule has 0 aromatic heterocycles. The van der Waals surface area contributed by atoms with Gasteiger partial charge >= 0.3 is 0 Å². The Labute approximate surface area is 174 Å². The number of nitrogens with two attached hydrogens (primary N) is 1. The Balaban J connectivity index is 1.67. The molecule has 2 N–H and O–H groups in total. The van der Waals surface area contributed by atoms with E-state index in [0.29, 0.717) is 48.9 Å². The molecule has 5 nitrogen and oxygen atoms in total. The Morgan fingerprint density at radius 2 is 1.93 bits per heavy atom. The van der Waals surface area contributed by atoms with Gasteiger partial charge < -0.3 is 15.4 Å². The van der Waals surface area contributed by atoms with Gasteiger partial charge in [-0.05, 0) is 61.7 Å². The molecule has 1 saturated heterocycles. The zero-order chi connectivity index (χ0) is 21.0. The summed E-state index contributed by atoms with van der Waals surface area (Å²) in [5.41, 5.74) is 6.27. The van der Waals surface area contributed by atoms with Crippen molar-refractivity contribution in [3.8, 4) is 5.75 Å². The minimum absolute atomic E-state index is 0.182. The maximum Gasteiger partial charge on any atom is 0.253 e. The van der Waals surface area contributed by atoms with Gasteiger partial charge in [-0.2, -0.15) is 0 Å². The lowest BCUT2D eigenvalue weighted by atomic mass is 9.76. The third-order valence-corrected chi connectivity index (χ3v) is 5.83. The van der Waals surface area contributed by atoms with Gasteiger partial charge in [0.05, 0.1) is 6.61 Å². The van der Waals surface area contributed by atoms with Crippen LogP contribution in [0.15, 0.2) is 42.5 Å². The summed E-state index contributed by atoms with van der Waals surface area (Å²) in [5, 5.41) is 0.661. The topological polar surface area (TPSA) is 72.6 Å². The van der Waals surface area contributed by atoms with Crippen molar-refractivity contribution >= 4 is 23.4 Å². The molecule has 0 bridgehead atoms. The first-order chi connectivity index (χ1) is 13.8. The highest BCUT2D eigenvalue weighted by atomic mass is 35.5. The summed E-state index contributed by atoms with van der Waals surface area (Å²) >= 11 is 6.05. The number of piperidine rings is 1. The molecule has 2 amide bonds. The summed E-state index contributed by atoms with van der Waals surface area (Å²) in [7, 11) is 0. The molecule has 3 rings (SSSR count). The van der Waals surface area contributed by atoms with E-state index in [-0.39, 0.29) is 12.3 Å². The molecule has 0 radical (unpaired) electrons. The van der Waals surface area contributed by atoms with Crippen molar-refractivity contribution in [3.63, 3.8) is 0 Å². The van der Waals surface area contributed by atoms with E-state index < -0.39 is 17.1 Å². The highest BCUT2D eigenvalue weighted by Gasteiger charge is 2.38. The largest absolute Gasteiger partial charge is 0.493 e. The van der Waals surface area contributed by atoms with Gasteiger partial charge in [0.15, 0.2) is 0 Å². The number of likely N-dealkylation sites (tertiary alicyclic amines) is 1. The Morgan fingerprint density at radius 1 is 1.21 bits per heavy atom. The predicted octanol–water partition coefficient (Wildman–Crippen LogP) is 3.96. The summed E-state index contributed by atoms with van der Waals surface area (Å²) in [6.45, 7) is 3.11. The molecule has 29 heavy (non-hydrogen) atoms. The van der Waals surface area contributed by atoms with Crippen LogP contribution in [0.5, 0.6) is 5.75 Å². The van der Waals surface area contributed by atoms with Gasteiger partial charge in [0.25, 0.3) is 5.91 Å². The lowest BCUT2D eigenvalue weighted by Gasteiger charge is -2.41. The summed E-state index contributed by atoms with van der Waals surface area (Å²) in [6, 6.07) is 11.1. The van der Waals surface area contributed by atoms with E-state index in [9.17, 15) is 14.0 Å². The number of aryl methyl sites for hydroxylation is 1. The van der Waals surface area contributed by atoms with Crippen LogP contribution >= 0.6 is 11.6 Å². The molecule has 0 aliphatic carbocycles. The van der Waals surface area contributed by atoms with Gasteiger partial charge in [0.2, 0.25) is 5.91 Å². The quantitative estimate of drug-likeness (QED) is 0.771. The second kappa shape index (κ2) is 8.82. The molecule has 0 saturated carbocycles. The second-order valence-electron chi connectivity index (χ2n) is 7.65. The summed E-state index contributed by atoms with van der Waals surface area (Å²) in [6.07, 6.45) is 1.33. The molecule has 1 aliphatic rings. The van der Waals surface area contributed by atoms with Crippen molar-refractivity contribution in [2.45, 2.75) is 26.2 Å². The zero-order valence-electron chi connectivity index (χ0n) is 16.3. The average Bonchev–Trinajstić information content (AvgIpc) is 2.68. The van der Waals surface area contributed by atoms with Crippen molar-refractivity contribution < 1.29 is 18.7 Å². The molecule has 0 unspecified atom stereocenters. The number of nitrogens with zero attached hydrogens (tertiary/aromatic N) is 1. The lowest BCUT2D eigenvalue weighted by Crippen LogP contribution is -2.47. The number of carbonyl (C=O) groups is 2. The second-order valence-corrected chi connectivity index (χ2v) is 8.05. The highest BCUT2D eigenvalue weighted by molar-refractivity contribution is 6.31. The van der Waals surface area contributed by atoms with E-state index in [1.165, 1.54) is 18.2 Å². The van der Waals surface area contributed by atoms with E-state index in [4.69, 9.17) is 22.1 Å². The van der Waals surface area contributed by atoms with Crippen molar-refractivity contribution in [2.75, 3.05) is 19.7 Å². The van der Waals surface area contributed by atoms with Crippen LogP contribution < -0.4 is 10.5 Å². The lowest BCUT2D eigenvalue weighted by molar-refractivity contribution is -0.121. The standard InChI is InChI=1S/C22H24ClFN2O3/c1-15-11-18(5-6-19(15)23)29-14-22(13-20(25)27)7-9-26(10-8-22)21(28)16-3-2-4-17(24)12-16/h2-6,11-12H,7-10,13-14H2,1H3,(H2,25,27). The number of primary amides is 1. The third-order valence-electron chi connectivity index (χ3n) is 5.41. The highest BCUT2D eigenvalue weighted by Crippen LogP contribution is 2.36. The fraction of sp³-hybridized carbons (Fsp3) is 0.364. The van der Waals surface area contributed by atoms with Gasteiger partial charge in [0, 0.05) is 35.5 Å². The number of halogens is 2. The SMILES string of the molecule is Cc1cc(OCC2(CC(N)=O)CCN(C(=O)c3cccc(F)c3)CC2)ccc1Cl. The summed E-state index contributed by atoms with van der Waals surface area (Å²) in [5.74, 6) is -0.381. The molecule has 2 aromatic carbocycles. The number of ether oxygens (including phenoxy) is 1. The third kappa shape index (κ3) is 5.26. The maximum atomic E-state index is 13.4. The summed E-state index contributed by atoms with van der Waals surface area (Å²) < 4.78 is 19.4. The molecular formula is C22H24ClFN2O3. The monoisotopic (exact) mass is 418 g/mol. The zero-order valence-corrected chi connectivity index (χ0v) is 17.0. The number of rotatable bonds is 6. The molecule has 1 heterocycles. The number of hydrogen-bond donors (Lipinski definition) is 1. The van der Waals surface area contributed by atoms with Crippen LogP contribution in [-0.4, -0.2) is 36.4 Å². The maximum absolute atomic E-state index is 13.4. The first-order valence-corrected chi connectivity index (χ1v) is 9.88. The first-order valence-electron chi connectivity index (χ1n) is 9.50. The Kier molecular flexibility index (Phi) is 6.42. The van der Waals surface area contributed by atoms with Gasteiger partial charge in [-0.15, -0.1) is 0 Å². The normalized spacial score (nSPS) is 15.8. The molecule has 2 aromatic rings. The first kappa shape index (κ1) is 21.1. The predicted molar refractivity (Wildman–Crippen MR) is 109 cm³/mol. The van der Waals surface area contributed by atoms with Crippen LogP contribution in [0.2, 0.25) is 5.02 Å². The van der Waals surface area contributed by atoms with Crippen molar-refractivity contribution in [1.29, 1.82) is 0 Å². The fourth-order valence-corrected chi connectivity index (χ4v) is 3.79. The van der Waals surface area contributed by atoms with Crippen molar-refractivity contribution in [2.24, 2.45) is 11.1 Å². The van der Waals surface area contributed by atoms with Crippen LogP contribution in [0.1, 0.15) is 35.2 Å². The van der Waals surface area contributed by atoms with Gasteiger partial charge in [-0.25, -0.2) is 4.39 Å². The van der Waals surface area contributed by atoms with E-state index in [1.807, 2.05) is 13.0 Å². The smallest absolute Gasteiger partial charge is 0.253 e. The number of hydrogen-bond acceptors (Lipinski definition) is 3. The van der Waals surface area contributed by atoms with Crippen molar-refractivity contribution in [1.82, 2.24) is 4.90 Å². The minimum Gasteiger partial charge on any atom is -0.493 e. The number of benzene rings is 2. The summed E-state index contributed by atoms with van der Waals surface area (Å²) in [4.78, 5) is 26.0. The molecule has 7 heteroatoms. The van der Waals surface area contributed by atoms with Gasteiger partial charge in [-0.1, -0.05) is 17.7 Å². The Hall–Kier alpha value is -2.60. The molecular weight excluding hydrogens is 395 g/mol. The van der Waals surface area contributed by atoms with Crippen LogP contribution in [0.25, 0.3) is 0 Å². The van der Waals surface area contributed by atoms with Crippen molar-refractivity contribution in [3.05, 3.63) is 64.4 Å². The van der Waals surface area contributed by atoms with E-state index in [0.717, 1.165) is 5.56 Å². The van der Waals surface area contributed by atoms with E-state index >= 15 is 0 Å². The van der Waals surface area contributed by atoms with Gasteiger partial charge in [0.1, 0.15) is 11.6 Å². The molecule has 154 valence electrons. The molecule has 0 spiro atoms. The minimum atomic E-state index is -0.446. The van der Waals surface area contributed by atoms with Crippen LogP contribution in [0, 0.1) is 18.2 Å². The van der Waals surface area contributed by atoms with E-state index in [2.05, 4.69) is 0 Å². The van der Waals surface area contributed by atoms with Crippen LogP contribution in [0.4, 0.5) is 4.39 Å². The molecule has 1 fully saturated rings. The van der Waals surface area contributed by atoms with Crippen LogP contribution in [0.3, 0.4) is 0 Å². The number of carbonyl (C=O) groups excluding carboxylic acids is 2. The molecule has 1 aliphatic heterocycles.